The van der Waals surface area contributed by atoms with Gasteiger partial charge in [-0.15, -0.1) is 0 Å². The average Bonchev–Trinajstić information content (AvgIpc) is 2.35. The summed E-state index contributed by atoms with van der Waals surface area (Å²) in [5.74, 6) is -1.01. The Morgan fingerprint density at radius 2 is 1.37 bits per heavy atom. The first-order chi connectivity index (χ1) is 8.68. The molecule has 0 bridgehead atoms. The van der Waals surface area contributed by atoms with Crippen LogP contribution in [0.3, 0.4) is 0 Å². The maximum absolute atomic E-state index is 10.4. The van der Waals surface area contributed by atoms with E-state index in [0.29, 0.717) is 0 Å². The van der Waals surface area contributed by atoms with Gasteiger partial charge in [0.25, 0.3) is 0 Å². The van der Waals surface area contributed by atoms with Crippen LogP contribution >= 0.6 is 0 Å². The van der Waals surface area contributed by atoms with Crippen molar-refractivity contribution in [3.8, 4) is 0 Å². The molecule has 0 aliphatic rings. The van der Waals surface area contributed by atoms with Crippen molar-refractivity contribution in [2.45, 2.75) is 84.1 Å². The van der Waals surface area contributed by atoms with E-state index in [4.69, 9.17) is 0 Å². The number of unbranched alkanes of at least 4 members (excludes halogenated alkanes) is 9. The standard InChI is InChI=1S/C15H31NO2.Na/c1-3-4-5-6-7-8-9-10-11-12-13-16-14(2)15(17)18;/h14,16H,3-13H2,1-2H3,(H,17,18);/q;+1/p-1/t14-;/m0./s1. The zero-order chi connectivity index (χ0) is 13.6. The monoisotopic (exact) mass is 279 g/mol. The largest absolute Gasteiger partial charge is 1.00 e. The molecule has 0 aromatic heterocycles. The van der Waals surface area contributed by atoms with Gasteiger partial charge in [0.2, 0.25) is 0 Å². The first kappa shape index (κ1) is 21.7. The van der Waals surface area contributed by atoms with Gasteiger partial charge in [0.1, 0.15) is 0 Å². The number of carboxylic acid groups (broad SMARTS) is 1. The van der Waals surface area contributed by atoms with Crippen molar-refractivity contribution in [3.63, 3.8) is 0 Å². The molecule has 1 N–H and O–H groups in total. The Morgan fingerprint density at radius 3 is 1.79 bits per heavy atom. The van der Waals surface area contributed by atoms with Crippen molar-refractivity contribution >= 4 is 5.97 Å². The van der Waals surface area contributed by atoms with Crippen LogP contribution in [0.25, 0.3) is 0 Å². The third kappa shape index (κ3) is 16.4. The van der Waals surface area contributed by atoms with Crippen LogP contribution in [0.2, 0.25) is 0 Å². The number of hydrogen-bond acceptors (Lipinski definition) is 3. The number of carbonyl (C=O) groups excluding carboxylic acids is 1. The molecule has 0 aromatic carbocycles. The van der Waals surface area contributed by atoms with Crippen molar-refractivity contribution in [1.29, 1.82) is 0 Å². The van der Waals surface area contributed by atoms with E-state index in [-0.39, 0.29) is 29.6 Å². The van der Waals surface area contributed by atoms with Crippen molar-refractivity contribution in [3.05, 3.63) is 0 Å². The average molecular weight is 279 g/mol. The first-order valence-corrected chi connectivity index (χ1v) is 7.62. The molecule has 0 radical (unpaired) electrons. The fourth-order valence-electron chi connectivity index (χ4n) is 2.01. The molecule has 0 unspecified atom stereocenters. The maximum atomic E-state index is 10.4. The van der Waals surface area contributed by atoms with Gasteiger partial charge in [0.05, 0.1) is 5.97 Å². The van der Waals surface area contributed by atoms with Crippen LogP contribution in [-0.2, 0) is 4.79 Å². The number of aliphatic carboxylic acids is 1. The fraction of sp³-hybridized carbons (Fsp3) is 0.933. The molecule has 0 aromatic rings. The third-order valence-electron chi connectivity index (χ3n) is 3.33. The second-order valence-electron chi connectivity index (χ2n) is 5.18. The Labute approximate surface area is 141 Å². The number of hydrogen-bond donors (Lipinski definition) is 1. The van der Waals surface area contributed by atoms with Gasteiger partial charge in [0, 0.05) is 6.04 Å². The summed E-state index contributed by atoms with van der Waals surface area (Å²) in [5, 5.41) is 13.4. The van der Waals surface area contributed by atoms with Crippen molar-refractivity contribution < 1.29 is 39.5 Å². The SMILES string of the molecule is CCCCCCCCCCCCN[C@@H](C)C(=O)[O-].[Na+]. The minimum atomic E-state index is -1.01. The summed E-state index contributed by atoms with van der Waals surface area (Å²) in [6, 6.07) is -0.524. The summed E-state index contributed by atoms with van der Waals surface area (Å²) in [4.78, 5) is 10.4. The zero-order valence-corrected chi connectivity index (χ0v) is 15.2. The van der Waals surface area contributed by atoms with E-state index in [1.165, 1.54) is 57.8 Å². The molecular weight excluding hydrogens is 249 g/mol. The van der Waals surface area contributed by atoms with Gasteiger partial charge in [-0.2, -0.15) is 0 Å². The quantitative estimate of drug-likeness (QED) is 0.370. The summed E-state index contributed by atoms with van der Waals surface area (Å²) in [7, 11) is 0. The van der Waals surface area contributed by atoms with E-state index < -0.39 is 12.0 Å². The van der Waals surface area contributed by atoms with Crippen molar-refractivity contribution in [1.82, 2.24) is 5.32 Å². The van der Waals surface area contributed by atoms with Gasteiger partial charge >= 0.3 is 29.6 Å². The molecule has 0 spiro atoms. The molecule has 0 saturated heterocycles. The van der Waals surface area contributed by atoms with Crippen molar-refractivity contribution in [2.24, 2.45) is 0 Å². The van der Waals surface area contributed by atoms with Gasteiger partial charge in [-0.25, -0.2) is 0 Å². The molecule has 3 nitrogen and oxygen atoms in total. The number of carbonyl (C=O) groups is 1. The Morgan fingerprint density at radius 1 is 0.947 bits per heavy atom. The van der Waals surface area contributed by atoms with Gasteiger partial charge in [-0.3, -0.25) is 0 Å². The molecular formula is C15H30NNaO2. The zero-order valence-electron chi connectivity index (χ0n) is 13.2. The Balaban J connectivity index is 0. The summed E-state index contributed by atoms with van der Waals surface area (Å²) >= 11 is 0. The van der Waals surface area contributed by atoms with Gasteiger partial charge in [-0.05, 0) is 19.9 Å². The number of nitrogens with one attached hydrogen (secondary N) is 1. The molecule has 0 amide bonds. The second kappa shape index (κ2) is 16.5. The smallest absolute Gasteiger partial charge is 0.548 e. The topological polar surface area (TPSA) is 52.2 Å². The molecule has 0 saturated carbocycles. The van der Waals surface area contributed by atoms with Gasteiger partial charge < -0.3 is 15.2 Å². The molecule has 108 valence electrons. The van der Waals surface area contributed by atoms with E-state index >= 15 is 0 Å². The summed E-state index contributed by atoms with van der Waals surface area (Å²) < 4.78 is 0. The predicted molar refractivity (Wildman–Crippen MR) is 74.3 cm³/mol. The fourth-order valence-corrected chi connectivity index (χ4v) is 2.01. The van der Waals surface area contributed by atoms with Crippen LogP contribution in [0.15, 0.2) is 0 Å². The number of carboxylic acids is 1. The van der Waals surface area contributed by atoms with Crippen LogP contribution < -0.4 is 40.0 Å². The summed E-state index contributed by atoms with van der Waals surface area (Å²) in [5.41, 5.74) is 0. The minimum absolute atomic E-state index is 0. The molecule has 0 rings (SSSR count). The minimum Gasteiger partial charge on any atom is -0.548 e. The number of rotatable bonds is 13. The van der Waals surface area contributed by atoms with E-state index in [0.717, 1.165) is 13.0 Å². The Bertz CT molecular complexity index is 201. The second-order valence-corrected chi connectivity index (χ2v) is 5.18. The normalized spacial score (nSPS) is 11.9. The van der Waals surface area contributed by atoms with E-state index in [1.807, 2.05) is 0 Å². The predicted octanol–water partition coefficient (Wildman–Crippen LogP) is -0.361. The molecule has 0 aliphatic carbocycles. The van der Waals surface area contributed by atoms with Crippen molar-refractivity contribution in [2.75, 3.05) is 6.54 Å². The third-order valence-corrected chi connectivity index (χ3v) is 3.33. The molecule has 19 heavy (non-hydrogen) atoms. The van der Waals surface area contributed by atoms with Crippen LogP contribution in [0.1, 0.15) is 78.1 Å². The summed E-state index contributed by atoms with van der Waals surface area (Å²) in [6.45, 7) is 4.66. The van der Waals surface area contributed by atoms with Crippen LogP contribution in [0.4, 0.5) is 0 Å². The molecule has 0 fully saturated rings. The van der Waals surface area contributed by atoms with Gasteiger partial charge in [-0.1, -0.05) is 64.7 Å². The van der Waals surface area contributed by atoms with Crippen LogP contribution in [0, 0.1) is 0 Å². The van der Waals surface area contributed by atoms with Crippen LogP contribution in [0.5, 0.6) is 0 Å². The molecule has 0 heterocycles. The van der Waals surface area contributed by atoms with Gasteiger partial charge in [0.15, 0.2) is 0 Å². The van der Waals surface area contributed by atoms with E-state index in [9.17, 15) is 9.90 Å². The first-order valence-electron chi connectivity index (χ1n) is 7.62. The molecule has 4 heteroatoms. The van der Waals surface area contributed by atoms with E-state index in [2.05, 4.69) is 12.2 Å². The van der Waals surface area contributed by atoms with Crippen LogP contribution in [-0.4, -0.2) is 18.6 Å². The molecule has 0 aliphatic heterocycles. The van der Waals surface area contributed by atoms with E-state index in [1.54, 1.807) is 6.92 Å². The molecule has 1 atom stereocenters. The maximum Gasteiger partial charge on any atom is 1.00 e. The Hall–Kier alpha value is 0.430. The summed E-state index contributed by atoms with van der Waals surface area (Å²) in [6.07, 6.45) is 13.1. The Kier molecular flexibility index (Phi) is 18.8.